The lowest BCUT2D eigenvalue weighted by Crippen LogP contribution is -2.19. The first-order valence-electron chi connectivity index (χ1n) is 10.5. The summed E-state index contributed by atoms with van der Waals surface area (Å²) in [6.07, 6.45) is 18.7. The van der Waals surface area contributed by atoms with Crippen molar-refractivity contribution in [2.45, 2.75) is 89.4 Å². The van der Waals surface area contributed by atoms with Gasteiger partial charge in [-0.2, -0.15) is 0 Å². The van der Waals surface area contributed by atoms with Crippen molar-refractivity contribution >= 4 is 10.9 Å². The van der Waals surface area contributed by atoms with Crippen LogP contribution in [0, 0.1) is 5.92 Å². The molecule has 2 aliphatic rings. The molecule has 2 aliphatic carbocycles. The van der Waals surface area contributed by atoms with Crippen LogP contribution in [0.1, 0.15) is 94.2 Å². The zero-order chi connectivity index (χ0) is 16.2. The lowest BCUT2D eigenvalue weighted by Gasteiger charge is -2.31. The Morgan fingerprint density at radius 1 is 0.708 bits per heavy atom. The second-order valence-corrected chi connectivity index (χ2v) is 8.23. The van der Waals surface area contributed by atoms with E-state index in [4.69, 9.17) is 0 Å². The van der Waals surface area contributed by atoms with Crippen LogP contribution in [0.5, 0.6) is 0 Å². The van der Waals surface area contributed by atoms with Crippen molar-refractivity contribution in [2.24, 2.45) is 5.92 Å². The molecule has 24 heavy (non-hydrogen) atoms. The molecule has 0 saturated heterocycles. The van der Waals surface area contributed by atoms with Crippen LogP contribution in [-0.4, -0.2) is 4.98 Å². The first kappa shape index (κ1) is 16.2. The van der Waals surface area contributed by atoms with Crippen LogP contribution in [0.4, 0.5) is 0 Å². The Morgan fingerprint density at radius 3 is 2.12 bits per heavy atom. The monoisotopic (exact) mass is 323 g/mol. The molecule has 0 amide bonds. The molecule has 1 unspecified atom stereocenters. The first-order valence-corrected chi connectivity index (χ1v) is 10.5. The highest BCUT2D eigenvalue weighted by atomic mass is 14.7. The van der Waals surface area contributed by atoms with E-state index in [-0.39, 0.29) is 0 Å². The molecule has 1 atom stereocenters. The van der Waals surface area contributed by atoms with Gasteiger partial charge in [0.2, 0.25) is 0 Å². The highest BCUT2D eigenvalue weighted by Gasteiger charge is 2.30. The highest BCUT2D eigenvalue weighted by Crippen LogP contribution is 2.43. The Morgan fingerprint density at radius 2 is 1.38 bits per heavy atom. The summed E-state index contributed by atoms with van der Waals surface area (Å²) < 4.78 is 0. The van der Waals surface area contributed by atoms with Gasteiger partial charge in [-0.3, -0.25) is 0 Å². The summed E-state index contributed by atoms with van der Waals surface area (Å²) in [5.41, 5.74) is 4.63. The molecule has 1 fully saturated rings. The van der Waals surface area contributed by atoms with E-state index in [1.54, 1.807) is 11.3 Å². The lowest BCUT2D eigenvalue weighted by molar-refractivity contribution is 0.315. The van der Waals surface area contributed by atoms with E-state index in [9.17, 15) is 0 Å². The maximum Gasteiger partial charge on any atom is 0.0459 e. The Bertz CT molecular complexity index is 641. The maximum atomic E-state index is 3.84. The zero-order valence-corrected chi connectivity index (χ0v) is 15.2. The molecule has 1 aromatic carbocycles. The predicted octanol–water partition coefficient (Wildman–Crippen LogP) is 7.12. The summed E-state index contributed by atoms with van der Waals surface area (Å²) in [7, 11) is 0. The third-order valence-electron chi connectivity index (χ3n) is 6.63. The Hall–Kier alpha value is -1.24. The SMILES string of the molecule is c1ccc2c3c([nH]c2c1)C(C1CCCCCCCCCC1)CCC3. The van der Waals surface area contributed by atoms with E-state index in [1.165, 1.54) is 94.4 Å². The fourth-order valence-electron chi connectivity index (χ4n) is 5.34. The number of hydrogen-bond donors (Lipinski definition) is 1. The summed E-state index contributed by atoms with van der Waals surface area (Å²) in [5, 5.41) is 1.49. The smallest absolute Gasteiger partial charge is 0.0459 e. The molecular formula is C23H33N. The van der Waals surface area contributed by atoms with Gasteiger partial charge in [-0.05, 0) is 49.7 Å². The number of aromatic nitrogens is 1. The van der Waals surface area contributed by atoms with Gasteiger partial charge >= 0.3 is 0 Å². The molecule has 0 aliphatic heterocycles. The van der Waals surface area contributed by atoms with Gasteiger partial charge in [-0.25, -0.2) is 0 Å². The van der Waals surface area contributed by atoms with Crippen LogP contribution in [0.25, 0.3) is 10.9 Å². The van der Waals surface area contributed by atoms with E-state index in [0.29, 0.717) is 0 Å². The van der Waals surface area contributed by atoms with Crippen LogP contribution in [0.15, 0.2) is 24.3 Å². The van der Waals surface area contributed by atoms with Crippen molar-refractivity contribution in [2.75, 3.05) is 0 Å². The first-order chi connectivity index (χ1) is 11.9. The molecule has 1 heteroatoms. The molecule has 1 nitrogen and oxygen atoms in total. The van der Waals surface area contributed by atoms with Gasteiger partial charge < -0.3 is 4.98 Å². The Balaban J connectivity index is 1.58. The molecule has 1 saturated carbocycles. The molecule has 1 aromatic heterocycles. The highest BCUT2D eigenvalue weighted by molar-refractivity contribution is 5.85. The molecule has 2 aromatic rings. The van der Waals surface area contributed by atoms with Crippen molar-refractivity contribution in [1.82, 2.24) is 4.98 Å². The van der Waals surface area contributed by atoms with Crippen LogP contribution in [0.2, 0.25) is 0 Å². The van der Waals surface area contributed by atoms with E-state index in [2.05, 4.69) is 29.2 Å². The van der Waals surface area contributed by atoms with Gasteiger partial charge in [0.05, 0.1) is 0 Å². The van der Waals surface area contributed by atoms with Crippen molar-refractivity contribution in [3.8, 4) is 0 Å². The number of hydrogen-bond acceptors (Lipinski definition) is 0. The summed E-state index contributed by atoms with van der Waals surface area (Å²) in [5.74, 6) is 1.71. The van der Waals surface area contributed by atoms with Crippen LogP contribution >= 0.6 is 0 Å². The zero-order valence-electron chi connectivity index (χ0n) is 15.2. The molecule has 4 rings (SSSR count). The van der Waals surface area contributed by atoms with Crippen LogP contribution in [0.3, 0.4) is 0 Å². The average Bonchev–Trinajstić information content (AvgIpc) is 2.97. The van der Waals surface area contributed by atoms with Crippen molar-refractivity contribution < 1.29 is 0 Å². The van der Waals surface area contributed by atoms with Crippen LogP contribution < -0.4 is 0 Å². The standard InChI is InChI=1S/C23H33N/c1-2-4-6-8-13-18(12-7-5-3-1)19-15-11-16-21-20-14-9-10-17-22(20)24-23(19)21/h9-10,14,17-19,24H,1-8,11-13,15-16H2. The van der Waals surface area contributed by atoms with Crippen molar-refractivity contribution in [3.05, 3.63) is 35.5 Å². The molecule has 130 valence electrons. The maximum absolute atomic E-state index is 3.84. The van der Waals surface area contributed by atoms with Gasteiger partial charge in [0.15, 0.2) is 0 Å². The van der Waals surface area contributed by atoms with Crippen molar-refractivity contribution in [3.63, 3.8) is 0 Å². The molecule has 0 bridgehead atoms. The molecule has 1 N–H and O–H groups in total. The topological polar surface area (TPSA) is 15.8 Å². The summed E-state index contributed by atoms with van der Waals surface area (Å²) >= 11 is 0. The second kappa shape index (κ2) is 7.76. The minimum absolute atomic E-state index is 0.793. The van der Waals surface area contributed by atoms with E-state index < -0.39 is 0 Å². The van der Waals surface area contributed by atoms with Gasteiger partial charge in [-0.15, -0.1) is 0 Å². The van der Waals surface area contributed by atoms with E-state index >= 15 is 0 Å². The number of para-hydroxylation sites is 1. The Labute approximate surface area is 147 Å². The van der Waals surface area contributed by atoms with Gasteiger partial charge in [-0.1, -0.05) is 69.6 Å². The number of rotatable bonds is 1. The second-order valence-electron chi connectivity index (χ2n) is 8.23. The third kappa shape index (κ3) is 3.41. The fourth-order valence-corrected chi connectivity index (χ4v) is 5.34. The number of aryl methyl sites for hydroxylation is 1. The number of nitrogens with one attached hydrogen (secondary N) is 1. The van der Waals surface area contributed by atoms with E-state index in [1.807, 2.05) is 0 Å². The van der Waals surface area contributed by atoms with Crippen molar-refractivity contribution in [1.29, 1.82) is 0 Å². The third-order valence-corrected chi connectivity index (χ3v) is 6.63. The minimum Gasteiger partial charge on any atom is -0.358 e. The average molecular weight is 324 g/mol. The molecule has 0 radical (unpaired) electrons. The number of H-pyrrole nitrogens is 1. The lowest BCUT2D eigenvalue weighted by atomic mass is 9.75. The quantitative estimate of drug-likeness (QED) is 0.575. The number of benzene rings is 1. The largest absolute Gasteiger partial charge is 0.358 e. The molecular weight excluding hydrogens is 290 g/mol. The molecule has 0 spiro atoms. The minimum atomic E-state index is 0.793. The van der Waals surface area contributed by atoms with Gasteiger partial charge in [0, 0.05) is 22.5 Å². The predicted molar refractivity (Wildman–Crippen MR) is 104 cm³/mol. The summed E-state index contributed by atoms with van der Waals surface area (Å²) in [6.45, 7) is 0. The summed E-state index contributed by atoms with van der Waals surface area (Å²) in [4.78, 5) is 3.84. The van der Waals surface area contributed by atoms with Gasteiger partial charge in [0.1, 0.15) is 0 Å². The normalized spacial score (nSPS) is 24.4. The Kier molecular flexibility index (Phi) is 5.25. The number of aromatic amines is 1. The molecule has 1 heterocycles. The van der Waals surface area contributed by atoms with Crippen LogP contribution in [-0.2, 0) is 6.42 Å². The summed E-state index contributed by atoms with van der Waals surface area (Å²) in [6, 6.07) is 8.96. The van der Waals surface area contributed by atoms with Gasteiger partial charge in [0.25, 0.3) is 0 Å². The van der Waals surface area contributed by atoms with E-state index in [0.717, 1.165) is 11.8 Å². The number of fused-ring (bicyclic) bond motifs is 3. The fraction of sp³-hybridized carbons (Fsp3) is 0.652.